The van der Waals surface area contributed by atoms with Crippen LogP contribution in [0.25, 0.3) is 10.6 Å². The molecule has 3 aromatic rings. The Balaban J connectivity index is 1.80. The van der Waals surface area contributed by atoms with Gasteiger partial charge in [0.25, 0.3) is 0 Å². The van der Waals surface area contributed by atoms with Gasteiger partial charge in [-0.1, -0.05) is 42.5 Å². The van der Waals surface area contributed by atoms with Crippen molar-refractivity contribution >= 4 is 21.4 Å². The minimum Gasteiger partial charge on any atom is -0.301 e. The molecule has 3 rings (SSSR count). The lowest BCUT2D eigenvalue weighted by Crippen LogP contribution is -2.24. The van der Waals surface area contributed by atoms with E-state index >= 15 is 0 Å². The van der Waals surface area contributed by atoms with E-state index in [2.05, 4.69) is 15.5 Å². The monoisotopic (exact) mass is 420 g/mol. The Hall–Kier alpha value is -2.20. The Morgan fingerprint density at radius 1 is 1.18 bits per heavy atom. The summed E-state index contributed by atoms with van der Waals surface area (Å²) in [6.45, 7) is 3.94. The zero-order chi connectivity index (χ0) is 20.3. The SMILES string of the molecule is CCC(NC(C)c1nnc(-c2ccccc2F)s1)c1cccc(S(N)(=O)=O)c1. The number of aromatic nitrogens is 2. The quantitative estimate of drug-likeness (QED) is 0.606. The molecule has 9 heteroatoms. The fraction of sp³-hybridized carbons (Fsp3) is 0.263. The summed E-state index contributed by atoms with van der Waals surface area (Å²) in [4.78, 5) is 0.0793. The van der Waals surface area contributed by atoms with Crippen LogP contribution in [-0.2, 0) is 10.0 Å². The molecule has 0 radical (unpaired) electrons. The van der Waals surface area contributed by atoms with Crippen molar-refractivity contribution in [2.45, 2.75) is 37.2 Å². The highest BCUT2D eigenvalue weighted by Gasteiger charge is 2.20. The van der Waals surface area contributed by atoms with Crippen LogP contribution in [0.5, 0.6) is 0 Å². The van der Waals surface area contributed by atoms with Crippen LogP contribution in [0.1, 0.15) is 42.9 Å². The van der Waals surface area contributed by atoms with Crippen LogP contribution < -0.4 is 10.5 Å². The fourth-order valence-corrected chi connectivity index (χ4v) is 4.33. The van der Waals surface area contributed by atoms with E-state index in [9.17, 15) is 12.8 Å². The van der Waals surface area contributed by atoms with Crippen LogP contribution in [0.4, 0.5) is 4.39 Å². The fourth-order valence-electron chi connectivity index (χ4n) is 2.88. The Bertz CT molecular complexity index is 1070. The van der Waals surface area contributed by atoms with Crippen molar-refractivity contribution < 1.29 is 12.8 Å². The highest BCUT2D eigenvalue weighted by Crippen LogP contribution is 2.30. The van der Waals surface area contributed by atoms with Gasteiger partial charge >= 0.3 is 0 Å². The first-order valence-electron chi connectivity index (χ1n) is 8.76. The third kappa shape index (κ3) is 4.61. The number of rotatable bonds is 7. The number of benzene rings is 2. The topological polar surface area (TPSA) is 98.0 Å². The van der Waals surface area contributed by atoms with E-state index in [1.165, 1.54) is 23.5 Å². The molecule has 0 aliphatic heterocycles. The van der Waals surface area contributed by atoms with Crippen molar-refractivity contribution in [1.82, 2.24) is 15.5 Å². The minimum atomic E-state index is -3.76. The molecule has 148 valence electrons. The molecule has 1 heterocycles. The molecular formula is C19H21FN4O2S2. The third-order valence-corrected chi connectivity index (χ3v) is 6.41. The molecule has 28 heavy (non-hydrogen) atoms. The number of hydrogen-bond acceptors (Lipinski definition) is 6. The highest BCUT2D eigenvalue weighted by atomic mass is 32.2. The molecule has 0 aliphatic carbocycles. The molecule has 2 unspecified atom stereocenters. The van der Waals surface area contributed by atoms with Gasteiger partial charge in [-0.25, -0.2) is 17.9 Å². The average molecular weight is 421 g/mol. The van der Waals surface area contributed by atoms with Crippen LogP contribution in [0.2, 0.25) is 0 Å². The van der Waals surface area contributed by atoms with Crippen molar-refractivity contribution in [1.29, 1.82) is 0 Å². The molecule has 2 aromatic carbocycles. The molecule has 0 spiro atoms. The first kappa shape index (κ1) is 20.5. The van der Waals surface area contributed by atoms with Crippen LogP contribution >= 0.6 is 11.3 Å². The van der Waals surface area contributed by atoms with Gasteiger partial charge in [0.1, 0.15) is 10.8 Å². The van der Waals surface area contributed by atoms with Gasteiger partial charge in [-0.2, -0.15) is 0 Å². The molecule has 1 aromatic heterocycles. The predicted molar refractivity (Wildman–Crippen MR) is 108 cm³/mol. The molecule has 0 amide bonds. The van der Waals surface area contributed by atoms with Crippen molar-refractivity contribution in [2.75, 3.05) is 0 Å². The van der Waals surface area contributed by atoms with Gasteiger partial charge in [0.2, 0.25) is 10.0 Å². The number of nitrogens with two attached hydrogens (primary N) is 1. The molecule has 0 aliphatic rings. The number of halogens is 1. The first-order chi connectivity index (χ1) is 13.3. The summed E-state index contributed by atoms with van der Waals surface area (Å²) in [5.41, 5.74) is 1.24. The van der Waals surface area contributed by atoms with Crippen molar-refractivity contribution in [3.63, 3.8) is 0 Å². The van der Waals surface area contributed by atoms with Crippen molar-refractivity contribution in [3.8, 4) is 10.6 Å². The van der Waals surface area contributed by atoms with Crippen LogP contribution in [-0.4, -0.2) is 18.6 Å². The summed E-state index contributed by atoms with van der Waals surface area (Å²) in [5.74, 6) is -0.336. The second kappa shape index (κ2) is 8.44. The van der Waals surface area contributed by atoms with Gasteiger partial charge in [0.15, 0.2) is 5.01 Å². The lowest BCUT2D eigenvalue weighted by Gasteiger charge is -2.21. The number of hydrogen-bond donors (Lipinski definition) is 2. The maximum atomic E-state index is 14.0. The molecular weight excluding hydrogens is 399 g/mol. The van der Waals surface area contributed by atoms with Gasteiger partial charge in [-0.05, 0) is 43.2 Å². The molecule has 0 saturated heterocycles. The smallest absolute Gasteiger partial charge is 0.238 e. The van der Waals surface area contributed by atoms with E-state index < -0.39 is 10.0 Å². The third-order valence-electron chi connectivity index (χ3n) is 4.36. The summed E-state index contributed by atoms with van der Waals surface area (Å²) in [7, 11) is -3.76. The largest absolute Gasteiger partial charge is 0.301 e. The first-order valence-corrected chi connectivity index (χ1v) is 11.1. The normalized spacial score (nSPS) is 14.0. The van der Waals surface area contributed by atoms with Crippen molar-refractivity contribution in [2.24, 2.45) is 5.14 Å². The second-order valence-corrected chi connectivity index (χ2v) is 8.96. The van der Waals surface area contributed by atoms with Crippen LogP contribution in [0.3, 0.4) is 0 Å². The van der Waals surface area contributed by atoms with Crippen molar-refractivity contribution in [3.05, 3.63) is 64.9 Å². The molecule has 0 saturated carbocycles. The molecule has 0 bridgehead atoms. The number of primary sulfonamides is 1. The van der Waals surface area contributed by atoms with Crippen LogP contribution in [0.15, 0.2) is 53.4 Å². The maximum Gasteiger partial charge on any atom is 0.238 e. The predicted octanol–water partition coefficient (Wildman–Crippen LogP) is 3.79. The van der Waals surface area contributed by atoms with E-state index in [4.69, 9.17) is 5.14 Å². The van der Waals surface area contributed by atoms with Gasteiger partial charge < -0.3 is 5.32 Å². The molecule has 0 fully saturated rings. The Morgan fingerprint density at radius 3 is 2.61 bits per heavy atom. The van der Waals surface area contributed by atoms with Crippen LogP contribution in [0, 0.1) is 5.82 Å². The van der Waals surface area contributed by atoms with E-state index in [1.807, 2.05) is 19.9 Å². The van der Waals surface area contributed by atoms with E-state index in [-0.39, 0.29) is 22.8 Å². The molecule has 3 N–H and O–H groups in total. The second-order valence-electron chi connectivity index (χ2n) is 6.39. The summed E-state index contributed by atoms with van der Waals surface area (Å²) in [6.07, 6.45) is 0.734. The number of nitrogens with one attached hydrogen (secondary N) is 1. The standard InChI is InChI=1S/C19H21FN4O2S2/c1-3-17(13-7-6-8-14(11-13)28(21,25)26)22-12(2)18-23-24-19(27-18)15-9-4-5-10-16(15)20/h4-12,17,22H,3H2,1-2H3,(H2,21,25,26). The zero-order valence-electron chi connectivity index (χ0n) is 15.5. The summed E-state index contributed by atoms with van der Waals surface area (Å²) in [5, 5.41) is 18.2. The van der Waals surface area contributed by atoms with E-state index in [0.717, 1.165) is 17.0 Å². The van der Waals surface area contributed by atoms with Gasteiger partial charge in [0.05, 0.1) is 10.9 Å². The number of nitrogens with zero attached hydrogens (tertiary/aromatic N) is 2. The summed E-state index contributed by atoms with van der Waals surface area (Å²) < 4.78 is 37.2. The highest BCUT2D eigenvalue weighted by molar-refractivity contribution is 7.89. The number of sulfonamides is 1. The van der Waals surface area contributed by atoms with Gasteiger partial charge in [0, 0.05) is 11.6 Å². The maximum absolute atomic E-state index is 14.0. The Kier molecular flexibility index (Phi) is 6.19. The average Bonchev–Trinajstić information content (AvgIpc) is 3.16. The van der Waals surface area contributed by atoms with E-state index in [0.29, 0.717) is 10.6 Å². The Labute approximate surface area is 167 Å². The summed E-state index contributed by atoms with van der Waals surface area (Å²) in [6, 6.07) is 12.8. The molecule has 6 nitrogen and oxygen atoms in total. The molecule has 2 atom stereocenters. The van der Waals surface area contributed by atoms with E-state index in [1.54, 1.807) is 30.3 Å². The zero-order valence-corrected chi connectivity index (χ0v) is 17.1. The Morgan fingerprint density at radius 2 is 1.93 bits per heavy atom. The lowest BCUT2D eigenvalue weighted by atomic mass is 10.0. The van der Waals surface area contributed by atoms with Gasteiger partial charge in [-0.3, -0.25) is 0 Å². The summed E-state index contributed by atoms with van der Waals surface area (Å²) >= 11 is 1.32. The minimum absolute atomic E-state index is 0.0793. The lowest BCUT2D eigenvalue weighted by molar-refractivity contribution is 0.453. The van der Waals surface area contributed by atoms with Gasteiger partial charge in [-0.15, -0.1) is 10.2 Å².